The van der Waals surface area contributed by atoms with Gasteiger partial charge in [-0.15, -0.1) is 0 Å². The van der Waals surface area contributed by atoms with Gasteiger partial charge in [0.1, 0.15) is 5.25 Å². The van der Waals surface area contributed by atoms with Crippen molar-refractivity contribution in [3.63, 3.8) is 0 Å². The van der Waals surface area contributed by atoms with Crippen molar-refractivity contribution in [2.45, 2.75) is 235 Å². The number of aryl methyl sites for hydroxylation is 1. The number of sulfone groups is 1. The fourth-order valence-electron chi connectivity index (χ4n) is 7.45. The first-order valence-corrected chi connectivity index (χ1v) is 24.7. The molecule has 8 nitrogen and oxygen atoms in total. The summed E-state index contributed by atoms with van der Waals surface area (Å²) in [5.74, 6) is -2.50. The summed E-state index contributed by atoms with van der Waals surface area (Å²) in [6.07, 6.45) is 29.8. The molecular weight excluding hydrogens is 744 g/mol. The fourth-order valence-corrected chi connectivity index (χ4v) is 9.67. The number of esters is 1. The number of hydrogen-bond donors (Lipinski definition) is 2. The number of hydrogen-bond acceptors (Lipinski definition) is 8. The summed E-state index contributed by atoms with van der Waals surface area (Å²) in [6.45, 7) is 6.44. The van der Waals surface area contributed by atoms with Gasteiger partial charge >= 0.3 is 5.97 Å². The lowest BCUT2D eigenvalue weighted by Crippen LogP contribution is -2.66. The quantitative estimate of drug-likeness (QED) is 0.0290. The van der Waals surface area contributed by atoms with Crippen LogP contribution in [0.3, 0.4) is 0 Å². The van der Waals surface area contributed by atoms with Crippen LogP contribution in [0, 0.1) is 6.92 Å². The van der Waals surface area contributed by atoms with Gasteiger partial charge in [-0.2, -0.15) is 0 Å². The van der Waals surface area contributed by atoms with Crippen molar-refractivity contribution in [1.29, 1.82) is 0 Å². The smallest absolute Gasteiger partial charge is 0.337 e. The van der Waals surface area contributed by atoms with Crippen LogP contribution in [0.4, 0.5) is 0 Å². The molecule has 3 unspecified atom stereocenters. The highest BCUT2D eigenvalue weighted by molar-refractivity contribution is 7.92. The van der Waals surface area contributed by atoms with E-state index >= 15 is 0 Å². The standard InChI is InChI=1S/C46H81ClN2O6S/c1-4-6-8-10-12-14-16-18-20-22-24-26-28-31-41(50)44(47)55-45(52)46(49,43(33-30-38-48)56(53,54)40-36-34-39(3)35-37-40)42(51)32-29-27-25-23-21-19-17-15-13-11-9-7-5-2/h34-37,43-44H,4-33,38,48-49H2,1-3H3. The van der Waals surface area contributed by atoms with E-state index in [4.69, 9.17) is 27.8 Å². The average molecular weight is 826 g/mol. The molecule has 4 N–H and O–H groups in total. The SMILES string of the molecule is CCCCCCCCCCCCCCCC(=O)C(Cl)OC(=O)C(N)(C(=O)CCCCCCCCCCCCCCC)C(CCCN)S(=O)(=O)c1ccc(C)cc1. The summed E-state index contributed by atoms with van der Waals surface area (Å²) in [6, 6.07) is 6.21. The molecule has 324 valence electrons. The largest absolute Gasteiger partial charge is 0.436 e. The monoisotopic (exact) mass is 825 g/mol. The van der Waals surface area contributed by atoms with E-state index < -0.39 is 43.7 Å². The molecule has 1 aromatic rings. The van der Waals surface area contributed by atoms with Crippen molar-refractivity contribution < 1.29 is 27.5 Å². The van der Waals surface area contributed by atoms with Crippen LogP contribution in [0.25, 0.3) is 0 Å². The Morgan fingerprint density at radius 3 is 1.39 bits per heavy atom. The number of carbonyl (C=O) groups is 3. The predicted molar refractivity (Wildman–Crippen MR) is 234 cm³/mol. The Morgan fingerprint density at radius 1 is 0.625 bits per heavy atom. The highest BCUT2D eigenvalue weighted by atomic mass is 35.5. The van der Waals surface area contributed by atoms with E-state index in [1.54, 1.807) is 12.1 Å². The van der Waals surface area contributed by atoms with Gasteiger partial charge in [-0.1, -0.05) is 197 Å². The van der Waals surface area contributed by atoms with Gasteiger partial charge in [0.2, 0.25) is 5.56 Å². The Kier molecular flexibility index (Phi) is 29.9. The lowest BCUT2D eigenvalue weighted by atomic mass is 9.85. The summed E-state index contributed by atoms with van der Waals surface area (Å²) >= 11 is 6.35. The van der Waals surface area contributed by atoms with Crippen LogP contribution in [0.5, 0.6) is 0 Å². The van der Waals surface area contributed by atoms with Crippen LogP contribution in [0.1, 0.15) is 212 Å². The normalized spacial score (nSPS) is 14.0. The van der Waals surface area contributed by atoms with Gasteiger partial charge in [-0.05, 0) is 51.3 Å². The average Bonchev–Trinajstić information content (AvgIpc) is 3.18. The van der Waals surface area contributed by atoms with Crippen LogP contribution >= 0.6 is 11.6 Å². The molecule has 0 radical (unpaired) electrons. The molecule has 0 aliphatic rings. The third-order valence-electron chi connectivity index (χ3n) is 11.2. The Bertz CT molecular complexity index is 1290. The zero-order valence-corrected chi connectivity index (χ0v) is 37.3. The molecular formula is C46H81ClN2O6S. The van der Waals surface area contributed by atoms with E-state index in [0.717, 1.165) is 50.5 Å². The number of unbranched alkanes of at least 4 members (excludes halogenated alkanes) is 24. The van der Waals surface area contributed by atoms with E-state index in [9.17, 15) is 22.8 Å². The number of ketones is 2. The minimum absolute atomic E-state index is 0.0533. The van der Waals surface area contributed by atoms with Gasteiger partial charge in [0.05, 0.1) is 4.90 Å². The molecule has 0 spiro atoms. The van der Waals surface area contributed by atoms with Crippen LogP contribution in [-0.2, 0) is 29.0 Å². The highest BCUT2D eigenvalue weighted by Gasteiger charge is 2.55. The molecule has 56 heavy (non-hydrogen) atoms. The van der Waals surface area contributed by atoms with Crippen LogP contribution in [0.2, 0.25) is 0 Å². The van der Waals surface area contributed by atoms with Gasteiger partial charge in [-0.3, -0.25) is 9.59 Å². The molecule has 0 saturated carbocycles. The zero-order valence-electron chi connectivity index (χ0n) is 35.8. The minimum Gasteiger partial charge on any atom is -0.436 e. The van der Waals surface area contributed by atoms with Gasteiger partial charge in [0.25, 0.3) is 0 Å². The molecule has 10 heteroatoms. The van der Waals surface area contributed by atoms with Crippen LogP contribution in [0.15, 0.2) is 29.2 Å². The molecule has 0 aromatic heterocycles. The number of nitrogens with two attached hydrogens (primary N) is 2. The summed E-state index contributed by atoms with van der Waals surface area (Å²) < 4.78 is 33.8. The second kappa shape index (κ2) is 32.1. The van der Waals surface area contributed by atoms with Crippen molar-refractivity contribution in [3.8, 4) is 0 Å². The van der Waals surface area contributed by atoms with Crippen LogP contribution < -0.4 is 11.5 Å². The van der Waals surface area contributed by atoms with Gasteiger partial charge < -0.3 is 16.2 Å². The molecule has 0 amide bonds. The molecule has 0 fully saturated rings. The van der Waals surface area contributed by atoms with Crippen molar-refractivity contribution in [2.75, 3.05) is 6.54 Å². The lowest BCUT2D eigenvalue weighted by Gasteiger charge is -2.34. The van der Waals surface area contributed by atoms with Gasteiger partial charge in [0.15, 0.2) is 26.9 Å². The summed E-state index contributed by atoms with van der Waals surface area (Å²) in [7, 11) is -4.32. The fraction of sp³-hybridized carbons (Fsp3) is 0.804. The van der Waals surface area contributed by atoms with Crippen molar-refractivity contribution >= 4 is 39.0 Å². The third-order valence-corrected chi connectivity index (χ3v) is 13.8. The van der Waals surface area contributed by atoms with Crippen molar-refractivity contribution in [3.05, 3.63) is 29.8 Å². The maximum atomic E-state index is 14.2. The van der Waals surface area contributed by atoms with Crippen molar-refractivity contribution in [1.82, 2.24) is 0 Å². The van der Waals surface area contributed by atoms with E-state index in [2.05, 4.69) is 13.8 Å². The predicted octanol–water partition coefficient (Wildman–Crippen LogP) is 11.8. The Labute approximate surface area is 347 Å². The maximum Gasteiger partial charge on any atom is 0.337 e. The zero-order chi connectivity index (χ0) is 41.5. The molecule has 0 heterocycles. The second-order valence-electron chi connectivity index (χ2n) is 16.2. The number of halogens is 1. The molecule has 0 aliphatic heterocycles. The summed E-state index contributed by atoms with van der Waals surface area (Å²) in [5, 5.41) is -1.65. The Balaban J connectivity index is 2.83. The summed E-state index contributed by atoms with van der Waals surface area (Å²) in [5.41, 5.74) is 9.14. The minimum atomic E-state index is -4.32. The first kappa shape index (κ1) is 52.2. The first-order valence-electron chi connectivity index (χ1n) is 22.7. The first-order chi connectivity index (χ1) is 27.0. The maximum absolute atomic E-state index is 14.2. The number of ether oxygens (including phenoxy) is 1. The molecule has 1 aromatic carbocycles. The van der Waals surface area contributed by atoms with Crippen LogP contribution in [-0.4, -0.2) is 48.9 Å². The number of carbonyl (C=O) groups excluding carboxylic acids is 3. The third kappa shape index (κ3) is 21.3. The summed E-state index contributed by atoms with van der Waals surface area (Å²) in [4.78, 5) is 41.0. The Morgan fingerprint density at radius 2 is 1.00 bits per heavy atom. The molecule has 0 aliphatic carbocycles. The van der Waals surface area contributed by atoms with E-state index in [0.29, 0.717) is 12.8 Å². The molecule has 0 bridgehead atoms. The molecule has 1 rings (SSSR count). The highest BCUT2D eigenvalue weighted by Crippen LogP contribution is 2.31. The number of benzene rings is 1. The number of alkyl halides is 1. The van der Waals surface area contributed by atoms with E-state index in [1.165, 1.54) is 121 Å². The topological polar surface area (TPSA) is 147 Å². The molecule has 3 atom stereocenters. The second-order valence-corrected chi connectivity index (χ2v) is 18.8. The van der Waals surface area contributed by atoms with E-state index in [1.807, 2.05) is 6.92 Å². The molecule has 0 saturated heterocycles. The van der Waals surface area contributed by atoms with E-state index in [-0.39, 0.29) is 37.1 Å². The lowest BCUT2D eigenvalue weighted by molar-refractivity contribution is -0.159. The Hall–Kier alpha value is -1.81. The number of rotatable bonds is 38. The van der Waals surface area contributed by atoms with Gasteiger partial charge in [0, 0.05) is 12.8 Å². The van der Waals surface area contributed by atoms with Gasteiger partial charge in [-0.25, -0.2) is 13.2 Å². The number of Topliss-reactive ketones (excluding diaryl/α,β-unsaturated/α-hetero) is 2. The van der Waals surface area contributed by atoms with Crippen molar-refractivity contribution in [2.24, 2.45) is 11.5 Å².